The maximum absolute atomic E-state index is 13.1. The first-order valence-electron chi connectivity index (χ1n) is 10.9. The first kappa shape index (κ1) is 24.4. The van der Waals surface area contributed by atoms with E-state index in [0.717, 1.165) is 16.0 Å². The van der Waals surface area contributed by atoms with Crippen LogP contribution in [-0.2, 0) is 32.2 Å². The SMILES string of the molecule is CN(C(=O)CCNC(=O)OC(C)(C)C)C(=O)c1cccc2c1CN(C1CCC(=O)NC1=O)C2. The number of fused-ring (bicyclic) bond motifs is 1. The van der Waals surface area contributed by atoms with Gasteiger partial charge < -0.3 is 10.1 Å². The van der Waals surface area contributed by atoms with Gasteiger partial charge >= 0.3 is 6.09 Å². The van der Waals surface area contributed by atoms with Crippen molar-refractivity contribution in [3.8, 4) is 0 Å². The second kappa shape index (κ2) is 9.70. The van der Waals surface area contributed by atoms with Crippen molar-refractivity contribution >= 4 is 29.7 Å². The minimum Gasteiger partial charge on any atom is -0.444 e. The third-order valence-corrected chi connectivity index (χ3v) is 5.57. The third-order valence-electron chi connectivity index (χ3n) is 5.57. The number of rotatable bonds is 5. The topological polar surface area (TPSA) is 125 Å². The number of hydrogen-bond acceptors (Lipinski definition) is 7. The number of imide groups is 2. The minimum absolute atomic E-state index is 0.0432. The largest absolute Gasteiger partial charge is 0.444 e. The summed E-state index contributed by atoms with van der Waals surface area (Å²) in [5, 5.41) is 4.87. The average molecular weight is 459 g/mol. The van der Waals surface area contributed by atoms with Gasteiger partial charge in [0.2, 0.25) is 17.7 Å². The van der Waals surface area contributed by atoms with Crippen molar-refractivity contribution in [2.45, 2.75) is 64.8 Å². The highest BCUT2D eigenvalue weighted by atomic mass is 16.6. The number of alkyl carbamates (subject to hydrolysis) is 1. The Morgan fingerprint density at radius 3 is 2.61 bits per heavy atom. The van der Waals surface area contributed by atoms with Gasteiger partial charge in [-0.25, -0.2) is 4.79 Å². The van der Waals surface area contributed by atoms with Crippen LogP contribution < -0.4 is 10.6 Å². The molecular weight excluding hydrogens is 428 g/mol. The van der Waals surface area contributed by atoms with E-state index in [-0.39, 0.29) is 31.2 Å². The van der Waals surface area contributed by atoms with Crippen LogP contribution in [0.15, 0.2) is 18.2 Å². The van der Waals surface area contributed by atoms with Gasteiger partial charge in [0.1, 0.15) is 5.60 Å². The zero-order valence-corrected chi connectivity index (χ0v) is 19.4. The standard InChI is InChI=1S/C23H30N4O6/c1-23(2,3)33-22(32)24-11-10-19(29)26(4)21(31)15-7-5-6-14-12-27(13-16(14)15)17-8-9-18(28)25-20(17)30/h5-7,17H,8-13H2,1-4H3,(H,24,32)(H,25,28,30). The Balaban J connectivity index is 1.61. The van der Waals surface area contributed by atoms with E-state index in [1.807, 2.05) is 11.0 Å². The zero-order valence-electron chi connectivity index (χ0n) is 19.4. The van der Waals surface area contributed by atoms with Crippen LogP contribution in [0.1, 0.15) is 61.5 Å². The van der Waals surface area contributed by atoms with Gasteiger partial charge in [-0.05, 0) is 44.4 Å². The molecule has 2 N–H and O–H groups in total. The number of nitrogens with zero attached hydrogens (tertiary/aromatic N) is 2. The number of carbonyl (C=O) groups is 5. The Morgan fingerprint density at radius 1 is 1.21 bits per heavy atom. The summed E-state index contributed by atoms with van der Waals surface area (Å²) in [6.45, 7) is 6.13. The van der Waals surface area contributed by atoms with E-state index in [4.69, 9.17) is 4.74 Å². The van der Waals surface area contributed by atoms with E-state index in [2.05, 4.69) is 10.6 Å². The minimum atomic E-state index is -0.643. The summed E-state index contributed by atoms with van der Waals surface area (Å²) in [4.78, 5) is 64.0. The monoisotopic (exact) mass is 458 g/mol. The molecule has 1 unspecified atom stereocenters. The van der Waals surface area contributed by atoms with Crippen LogP contribution >= 0.6 is 0 Å². The van der Waals surface area contributed by atoms with Crippen molar-refractivity contribution in [3.63, 3.8) is 0 Å². The number of carbonyl (C=O) groups excluding carboxylic acids is 5. The second-order valence-electron chi connectivity index (χ2n) is 9.25. The quantitative estimate of drug-likeness (QED) is 0.638. The summed E-state index contributed by atoms with van der Waals surface area (Å²) < 4.78 is 5.13. The van der Waals surface area contributed by atoms with Gasteiger partial charge in [-0.2, -0.15) is 0 Å². The molecule has 1 fully saturated rings. The van der Waals surface area contributed by atoms with Gasteiger partial charge in [-0.3, -0.25) is 34.3 Å². The van der Waals surface area contributed by atoms with Crippen molar-refractivity contribution in [1.82, 2.24) is 20.4 Å². The molecule has 0 spiro atoms. The lowest BCUT2D eigenvalue weighted by atomic mass is 10.0. The molecule has 2 aliphatic heterocycles. The van der Waals surface area contributed by atoms with Crippen molar-refractivity contribution < 1.29 is 28.7 Å². The van der Waals surface area contributed by atoms with Gasteiger partial charge in [-0.1, -0.05) is 12.1 Å². The van der Waals surface area contributed by atoms with Gasteiger partial charge in [-0.15, -0.1) is 0 Å². The van der Waals surface area contributed by atoms with E-state index in [1.165, 1.54) is 7.05 Å². The Hall–Kier alpha value is -3.27. The lowest BCUT2D eigenvalue weighted by Gasteiger charge is -2.29. The fourth-order valence-electron chi connectivity index (χ4n) is 3.95. The Morgan fingerprint density at radius 2 is 1.94 bits per heavy atom. The Bertz CT molecular complexity index is 984. The van der Waals surface area contributed by atoms with Crippen LogP contribution in [0.5, 0.6) is 0 Å². The Labute approximate surface area is 192 Å². The summed E-state index contributed by atoms with van der Waals surface area (Å²) in [6, 6.07) is 4.88. The van der Waals surface area contributed by atoms with Crippen molar-refractivity contribution in [1.29, 1.82) is 0 Å². The van der Waals surface area contributed by atoms with Crippen LogP contribution in [0.25, 0.3) is 0 Å². The molecule has 2 aliphatic rings. The molecule has 1 aromatic carbocycles. The van der Waals surface area contributed by atoms with E-state index < -0.39 is 29.6 Å². The number of hydrogen-bond donors (Lipinski definition) is 2. The molecule has 0 saturated carbocycles. The molecule has 1 aromatic rings. The molecule has 5 amide bonds. The van der Waals surface area contributed by atoms with Crippen LogP contribution in [-0.4, -0.2) is 64.8 Å². The molecule has 0 bridgehead atoms. The average Bonchev–Trinajstić information content (AvgIpc) is 3.15. The fraction of sp³-hybridized carbons (Fsp3) is 0.522. The zero-order chi connectivity index (χ0) is 24.3. The highest BCUT2D eigenvalue weighted by Gasteiger charge is 2.36. The number of amides is 5. The van der Waals surface area contributed by atoms with Crippen molar-refractivity contribution in [3.05, 3.63) is 34.9 Å². The molecule has 3 rings (SSSR count). The Kier molecular flexibility index (Phi) is 7.16. The summed E-state index contributed by atoms with van der Waals surface area (Å²) in [6.07, 6.45) is 0.0340. The molecule has 33 heavy (non-hydrogen) atoms. The van der Waals surface area contributed by atoms with E-state index in [0.29, 0.717) is 25.1 Å². The molecule has 178 valence electrons. The van der Waals surface area contributed by atoms with Gasteiger partial charge in [0.05, 0.1) is 6.04 Å². The smallest absolute Gasteiger partial charge is 0.407 e. The lowest BCUT2D eigenvalue weighted by molar-refractivity contribution is -0.137. The first-order valence-corrected chi connectivity index (χ1v) is 10.9. The summed E-state index contributed by atoms with van der Waals surface area (Å²) in [5.74, 6) is -1.48. The molecule has 1 atom stereocenters. The van der Waals surface area contributed by atoms with Crippen LogP contribution in [0.4, 0.5) is 4.79 Å². The van der Waals surface area contributed by atoms with E-state index >= 15 is 0 Å². The van der Waals surface area contributed by atoms with E-state index in [1.54, 1.807) is 32.9 Å². The highest BCUT2D eigenvalue weighted by molar-refractivity contribution is 6.05. The highest BCUT2D eigenvalue weighted by Crippen LogP contribution is 2.30. The molecule has 1 saturated heterocycles. The fourth-order valence-corrected chi connectivity index (χ4v) is 3.95. The summed E-state index contributed by atoms with van der Waals surface area (Å²) >= 11 is 0. The van der Waals surface area contributed by atoms with Crippen LogP contribution in [0.3, 0.4) is 0 Å². The molecule has 0 aliphatic carbocycles. The molecule has 10 nitrogen and oxygen atoms in total. The van der Waals surface area contributed by atoms with Crippen molar-refractivity contribution in [2.24, 2.45) is 0 Å². The number of piperidine rings is 1. The number of benzene rings is 1. The van der Waals surface area contributed by atoms with Gasteiger partial charge in [0, 0.05) is 45.1 Å². The summed E-state index contributed by atoms with van der Waals surface area (Å²) in [5.41, 5.74) is 1.45. The first-order chi connectivity index (χ1) is 15.5. The normalized spacial score (nSPS) is 18.4. The second-order valence-corrected chi connectivity index (χ2v) is 9.25. The van der Waals surface area contributed by atoms with Gasteiger partial charge in [0.15, 0.2) is 0 Å². The molecule has 2 heterocycles. The maximum Gasteiger partial charge on any atom is 0.407 e. The molecular formula is C23H30N4O6. The van der Waals surface area contributed by atoms with Crippen LogP contribution in [0, 0.1) is 0 Å². The third kappa shape index (κ3) is 5.95. The lowest BCUT2D eigenvalue weighted by Crippen LogP contribution is -2.50. The van der Waals surface area contributed by atoms with Crippen LogP contribution in [0.2, 0.25) is 0 Å². The number of nitrogens with one attached hydrogen (secondary N) is 2. The summed E-state index contributed by atoms with van der Waals surface area (Å²) in [7, 11) is 1.41. The maximum atomic E-state index is 13.1. The number of ether oxygens (including phenoxy) is 1. The molecule has 0 radical (unpaired) electrons. The molecule has 0 aromatic heterocycles. The predicted octanol–water partition coefficient (Wildman–Crippen LogP) is 1.32. The predicted molar refractivity (Wildman–Crippen MR) is 118 cm³/mol. The van der Waals surface area contributed by atoms with E-state index in [9.17, 15) is 24.0 Å². The van der Waals surface area contributed by atoms with Gasteiger partial charge in [0.25, 0.3) is 5.91 Å². The molecule has 10 heteroatoms. The van der Waals surface area contributed by atoms with Crippen molar-refractivity contribution in [2.75, 3.05) is 13.6 Å².